The minimum atomic E-state index is -1.15. The first-order valence-electron chi connectivity index (χ1n) is 3.52. The number of alkyl halides is 1. The van der Waals surface area contributed by atoms with Crippen LogP contribution in [0.3, 0.4) is 0 Å². The van der Waals surface area contributed by atoms with Crippen LogP contribution in [-0.2, 0) is 0 Å². The zero-order valence-corrected chi connectivity index (χ0v) is 6.63. The summed E-state index contributed by atoms with van der Waals surface area (Å²) in [4.78, 5) is 10.2. The van der Waals surface area contributed by atoms with Gasteiger partial charge in [0.15, 0.2) is 5.03 Å². The van der Waals surface area contributed by atoms with Crippen molar-refractivity contribution < 1.29 is 14.5 Å². The lowest BCUT2D eigenvalue weighted by Gasteiger charge is -2.18. The lowest BCUT2D eigenvalue weighted by atomic mass is 10.4. The molecule has 1 atom stereocenters. The Hall–Kier alpha value is -1.41. The molecule has 0 spiro atoms. The first-order valence-corrected chi connectivity index (χ1v) is 3.52. The Morgan fingerprint density at radius 2 is 2.38 bits per heavy atom. The number of hydrazine groups is 3. The van der Waals surface area contributed by atoms with Gasteiger partial charge in [0.25, 0.3) is 0 Å². The molecule has 2 N–H and O–H groups in total. The van der Waals surface area contributed by atoms with Gasteiger partial charge in [0.1, 0.15) is 19.0 Å². The molecular formula is C5H9FN4O3. The van der Waals surface area contributed by atoms with Crippen molar-refractivity contribution in [2.24, 2.45) is 0 Å². The monoisotopic (exact) mass is 192 g/mol. The van der Waals surface area contributed by atoms with Gasteiger partial charge in [-0.2, -0.15) is 0 Å². The molecule has 7 nitrogen and oxygen atoms in total. The molecule has 0 radical (unpaired) electrons. The van der Waals surface area contributed by atoms with Crippen LogP contribution >= 0.6 is 0 Å². The second-order valence-electron chi connectivity index (χ2n) is 2.44. The molecule has 0 bridgehead atoms. The van der Waals surface area contributed by atoms with Crippen LogP contribution in [0.2, 0.25) is 0 Å². The summed E-state index contributed by atoms with van der Waals surface area (Å²) in [5.41, 5.74) is 2.29. The smallest absolute Gasteiger partial charge is 0.182 e. The fourth-order valence-corrected chi connectivity index (χ4v) is 0.810. The van der Waals surface area contributed by atoms with Crippen LogP contribution in [0.5, 0.6) is 0 Å². The highest BCUT2D eigenvalue weighted by Crippen LogP contribution is 2.01. The van der Waals surface area contributed by atoms with E-state index in [9.17, 15) is 14.5 Å². The van der Waals surface area contributed by atoms with Gasteiger partial charge < -0.3 is 5.11 Å². The quantitative estimate of drug-likeness (QED) is 0.440. The second-order valence-corrected chi connectivity index (χ2v) is 2.44. The molecule has 0 aromatic heterocycles. The fraction of sp³-hybridized carbons (Fsp3) is 0.600. The summed E-state index contributed by atoms with van der Waals surface area (Å²) in [6.45, 7) is -0.929. The van der Waals surface area contributed by atoms with Crippen LogP contribution in [0.4, 0.5) is 4.39 Å². The highest BCUT2D eigenvalue weighted by Gasteiger charge is 2.21. The van der Waals surface area contributed by atoms with Gasteiger partial charge >= 0.3 is 0 Å². The van der Waals surface area contributed by atoms with Crippen molar-refractivity contribution in [3.05, 3.63) is 22.5 Å². The van der Waals surface area contributed by atoms with Crippen molar-refractivity contribution in [1.29, 1.82) is 0 Å². The van der Waals surface area contributed by atoms with Crippen LogP contribution in [-0.4, -0.2) is 39.6 Å². The van der Waals surface area contributed by atoms with Crippen LogP contribution < -0.4 is 5.53 Å². The molecule has 0 saturated carbocycles. The van der Waals surface area contributed by atoms with E-state index in [0.29, 0.717) is 5.12 Å². The largest absolute Gasteiger partial charge is 0.388 e. The third-order valence-corrected chi connectivity index (χ3v) is 1.38. The summed E-state index contributed by atoms with van der Waals surface area (Å²) in [5.74, 6) is 0. The van der Waals surface area contributed by atoms with Crippen molar-refractivity contribution in [3.63, 3.8) is 0 Å². The van der Waals surface area contributed by atoms with Gasteiger partial charge in [-0.05, 0) is 5.12 Å². The summed E-state index contributed by atoms with van der Waals surface area (Å²) < 4.78 is 11.8. The van der Waals surface area contributed by atoms with Crippen LogP contribution in [0.1, 0.15) is 0 Å². The molecule has 8 heteroatoms. The number of aliphatic hydroxyl groups is 1. The highest BCUT2D eigenvalue weighted by molar-refractivity contribution is 4.83. The van der Waals surface area contributed by atoms with Crippen molar-refractivity contribution in [2.75, 3.05) is 13.2 Å². The molecular weight excluding hydrogens is 183 g/mol. The van der Waals surface area contributed by atoms with Gasteiger partial charge in [-0.1, -0.05) is 5.53 Å². The van der Waals surface area contributed by atoms with Crippen molar-refractivity contribution >= 4 is 0 Å². The maximum absolute atomic E-state index is 11.8. The lowest BCUT2D eigenvalue weighted by molar-refractivity contribution is -0.657. The van der Waals surface area contributed by atoms with Gasteiger partial charge in [-0.3, -0.25) is 5.01 Å². The number of nitrogens with one attached hydrogen (secondary N) is 1. The van der Waals surface area contributed by atoms with Crippen molar-refractivity contribution in [3.8, 4) is 0 Å². The average molecular weight is 192 g/mol. The van der Waals surface area contributed by atoms with E-state index in [-0.39, 0.29) is 6.54 Å². The molecule has 0 fully saturated rings. The Morgan fingerprint density at radius 1 is 1.69 bits per heavy atom. The van der Waals surface area contributed by atoms with E-state index >= 15 is 0 Å². The molecule has 13 heavy (non-hydrogen) atoms. The standard InChI is InChI=1S/C5H9FN4O3/c6-3-5(11)4-8-1-2-9(7-8)10(12)13/h1-2,5,7,11H,3-4H2. The SMILES string of the molecule is O=[N+]([O-])N1C=CN(CC(O)CF)N1. The maximum atomic E-state index is 11.8. The average Bonchev–Trinajstić information content (AvgIpc) is 2.52. The zero-order chi connectivity index (χ0) is 9.84. The Bertz CT molecular complexity index is 224. The number of β-amino-alcohol motifs (C(OH)–C–C–N with tert-alkyl or cyclic N) is 1. The number of nitrogens with zero attached hydrogens (tertiary/aromatic N) is 3. The van der Waals surface area contributed by atoms with Crippen LogP contribution in [0, 0.1) is 10.1 Å². The summed E-state index contributed by atoms with van der Waals surface area (Å²) in [5, 5.41) is 20.2. The first-order chi connectivity index (χ1) is 6.13. The molecule has 1 aliphatic rings. The number of halogens is 1. The van der Waals surface area contributed by atoms with Crippen molar-refractivity contribution in [1.82, 2.24) is 15.7 Å². The van der Waals surface area contributed by atoms with Gasteiger partial charge in [0.2, 0.25) is 0 Å². The summed E-state index contributed by atoms with van der Waals surface area (Å²) in [7, 11) is 0. The summed E-state index contributed by atoms with van der Waals surface area (Å²) in [6, 6.07) is 0. The molecule has 0 aliphatic carbocycles. The van der Waals surface area contributed by atoms with E-state index in [4.69, 9.17) is 5.11 Å². The van der Waals surface area contributed by atoms with Gasteiger partial charge in [0, 0.05) is 6.20 Å². The first kappa shape index (κ1) is 9.68. The molecule has 74 valence electrons. The Labute approximate surface area is 73.1 Å². The number of hydrogen-bond donors (Lipinski definition) is 2. The molecule has 1 heterocycles. The number of aliphatic hydroxyl groups excluding tert-OH is 1. The predicted molar refractivity (Wildman–Crippen MR) is 39.8 cm³/mol. The topological polar surface area (TPSA) is 81.9 Å². The summed E-state index contributed by atoms with van der Waals surface area (Å²) >= 11 is 0. The van der Waals surface area contributed by atoms with Gasteiger partial charge in [0.05, 0.1) is 6.54 Å². The van der Waals surface area contributed by atoms with E-state index in [1.54, 1.807) is 0 Å². The second kappa shape index (κ2) is 4.01. The predicted octanol–water partition coefficient (Wildman–Crippen LogP) is -0.983. The van der Waals surface area contributed by atoms with E-state index < -0.39 is 17.8 Å². The molecule has 1 unspecified atom stereocenters. The van der Waals surface area contributed by atoms with Gasteiger partial charge in [-0.25, -0.2) is 14.5 Å². The van der Waals surface area contributed by atoms with E-state index in [1.165, 1.54) is 11.2 Å². The highest BCUT2D eigenvalue weighted by atomic mass is 19.1. The van der Waals surface area contributed by atoms with E-state index in [0.717, 1.165) is 6.20 Å². The number of rotatable bonds is 4. The molecule has 0 amide bonds. The zero-order valence-electron chi connectivity index (χ0n) is 6.63. The third-order valence-electron chi connectivity index (χ3n) is 1.38. The van der Waals surface area contributed by atoms with Crippen LogP contribution in [0.15, 0.2) is 12.4 Å². The molecule has 0 aromatic carbocycles. The normalized spacial score (nSPS) is 18.0. The minimum absolute atomic E-state index is 0.0443. The van der Waals surface area contributed by atoms with Gasteiger partial charge in [-0.15, -0.1) is 0 Å². The minimum Gasteiger partial charge on any atom is -0.388 e. The maximum Gasteiger partial charge on any atom is 0.182 e. The third kappa shape index (κ3) is 2.53. The number of hydrogen-bond acceptors (Lipinski definition) is 5. The Kier molecular flexibility index (Phi) is 2.98. The molecule has 1 aliphatic heterocycles. The number of nitro groups is 1. The van der Waals surface area contributed by atoms with Crippen LogP contribution in [0.25, 0.3) is 0 Å². The molecule has 1 rings (SSSR count). The summed E-state index contributed by atoms with van der Waals surface area (Å²) in [6.07, 6.45) is 1.34. The van der Waals surface area contributed by atoms with Crippen molar-refractivity contribution in [2.45, 2.75) is 6.10 Å². The van der Waals surface area contributed by atoms with E-state index in [1.807, 2.05) is 0 Å². The lowest BCUT2D eigenvalue weighted by Crippen LogP contribution is -2.45. The molecule has 0 saturated heterocycles. The molecule has 0 aromatic rings. The van der Waals surface area contributed by atoms with E-state index in [2.05, 4.69) is 5.53 Å². The Morgan fingerprint density at radius 3 is 2.85 bits per heavy atom. The Balaban J connectivity index is 2.34. The fourth-order valence-electron chi connectivity index (χ4n) is 0.810.